The van der Waals surface area contributed by atoms with E-state index in [0.29, 0.717) is 5.92 Å². The predicted octanol–water partition coefficient (Wildman–Crippen LogP) is 2.34. The van der Waals surface area contributed by atoms with Crippen LogP contribution in [-0.2, 0) is 4.79 Å². The summed E-state index contributed by atoms with van der Waals surface area (Å²) < 4.78 is 0. The zero-order valence-electron chi connectivity index (χ0n) is 10.9. The van der Waals surface area contributed by atoms with Gasteiger partial charge in [-0.25, -0.2) is 4.79 Å². The van der Waals surface area contributed by atoms with Gasteiger partial charge < -0.3 is 15.1 Å². The van der Waals surface area contributed by atoms with E-state index in [-0.39, 0.29) is 18.0 Å². The van der Waals surface area contributed by atoms with E-state index in [2.05, 4.69) is 9.97 Å². The molecule has 1 aliphatic rings. The van der Waals surface area contributed by atoms with Crippen LogP contribution in [0.1, 0.15) is 30.7 Å². The lowest BCUT2D eigenvalue weighted by atomic mass is 9.90. The van der Waals surface area contributed by atoms with Crippen molar-refractivity contribution >= 4 is 5.97 Å². The Hall–Kier alpha value is -2.30. The summed E-state index contributed by atoms with van der Waals surface area (Å²) in [6.45, 7) is 0. The first-order valence-electron chi connectivity index (χ1n) is 6.73. The first-order valence-corrected chi connectivity index (χ1v) is 6.73. The molecule has 104 valence electrons. The second-order valence-electron chi connectivity index (χ2n) is 5.32. The highest BCUT2D eigenvalue weighted by Gasteiger charge is 2.33. The van der Waals surface area contributed by atoms with Crippen molar-refractivity contribution in [2.24, 2.45) is 5.92 Å². The molecular formula is C15H16N2O3. The molecule has 0 amide bonds. The number of aromatic amines is 2. The molecule has 1 aromatic carbocycles. The van der Waals surface area contributed by atoms with Crippen LogP contribution >= 0.6 is 0 Å². The standard InChI is InChI=1S/C15H16N2O3/c18-14(19)7-12(9-4-5-9)10-2-1-3-11(6-10)13-8-16-15(20)17-13/h1-3,6,8-9,12H,4-5,7H2,(H,18,19)(H2,16,17,20). The fraction of sp³-hybridized carbons (Fsp3) is 0.333. The molecule has 0 radical (unpaired) electrons. The number of hydrogen-bond acceptors (Lipinski definition) is 2. The molecule has 1 aromatic heterocycles. The minimum atomic E-state index is -0.762. The van der Waals surface area contributed by atoms with Gasteiger partial charge >= 0.3 is 11.7 Å². The summed E-state index contributed by atoms with van der Waals surface area (Å²) in [7, 11) is 0. The number of hydrogen-bond donors (Lipinski definition) is 3. The van der Waals surface area contributed by atoms with Crippen molar-refractivity contribution in [3.8, 4) is 11.3 Å². The van der Waals surface area contributed by atoms with E-state index >= 15 is 0 Å². The normalized spacial score (nSPS) is 16.0. The Labute approximate surface area is 115 Å². The van der Waals surface area contributed by atoms with Crippen molar-refractivity contribution in [1.29, 1.82) is 0 Å². The van der Waals surface area contributed by atoms with E-state index in [9.17, 15) is 9.59 Å². The van der Waals surface area contributed by atoms with Gasteiger partial charge in [0.05, 0.1) is 12.1 Å². The Bertz CT molecular complexity index is 682. The molecule has 0 bridgehead atoms. The number of H-pyrrole nitrogens is 2. The van der Waals surface area contributed by atoms with E-state index < -0.39 is 5.97 Å². The quantitative estimate of drug-likeness (QED) is 0.780. The lowest BCUT2D eigenvalue weighted by Crippen LogP contribution is -2.08. The van der Waals surface area contributed by atoms with Crippen LogP contribution in [0.2, 0.25) is 0 Å². The molecule has 3 rings (SSSR count). The number of aliphatic carboxylic acids is 1. The van der Waals surface area contributed by atoms with E-state index in [0.717, 1.165) is 29.7 Å². The summed E-state index contributed by atoms with van der Waals surface area (Å²) in [5.41, 5.74) is 2.42. The van der Waals surface area contributed by atoms with Crippen molar-refractivity contribution in [3.63, 3.8) is 0 Å². The zero-order chi connectivity index (χ0) is 14.1. The van der Waals surface area contributed by atoms with E-state index in [1.54, 1.807) is 6.20 Å². The third kappa shape index (κ3) is 2.66. The van der Waals surface area contributed by atoms with Crippen LogP contribution in [0, 0.1) is 5.92 Å². The molecule has 0 spiro atoms. The van der Waals surface area contributed by atoms with Gasteiger partial charge in [0.2, 0.25) is 0 Å². The van der Waals surface area contributed by atoms with Gasteiger partial charge in [0.25, 0.3) is 0 Å². The zero-order valence-corrected chi connectivity index (χ0v) is 10.9. The van der Waals surface area contributed by atoms with E-state index in [1.165, 1.54) is 0 Å². The van der Waals surface area contributed by atoms with Crippen molar-refractivity contribution < 1.29 is 9.90 Å². The molecule has 5 nitrogen and oxygen atoms in total. The summed E-state index contributed by atoms with van der Waals surface area (Å²) in [5.74, 6) is -0.216. The van der Waals surface area contributed by atoms with Gasteiger partial charge in [-0.05, 0) is 41.9 Å². The van der Waals surface area contributed by atoms with Gasteiger partial charge in [0.15, 0.2) is 0 Å². The fourth-order valence-electron chi connectivity index (χ4n) is 2.67. The van der Waals surface area contributed by atoms with Crippen LogP contribution in [-0.4, -0.2) is 21.0 Å². The maximum Gasteiger partial charge on any atom is 0.323 e. The Morgan fingerprint density at radius 2 is 2.20 bits per heavy atom. The summed E-state index contributed by atoms with van der Waals surface area (Å²) in [5, 5.41) is 9.06. The molecule has 2 aromatic rings. The number of imidazole rings is 1. The van der Waals surface area contributed by atoms with Gasteiger partial charge in [-0.1, -0.05) is 18.2 Å². The summed E-state index contributed by atoms with van der Waals surface area (Å²) in [4.78, 5) is 27.5. The van der Waals surface area contributed by atoms with Crippen LogP contribution in [0.5, 0.6) is 0 Å². The van der Waals surface area contributed by atoms with Crippen molar-refractivity contribution in [3.05, 3.63) is 46.5 Å². The number of nitrogens with one attached hydrogen (secondary N) is 2. The van der Waals surface area contributed by atoms with Crippen molar-refractivity contribution in [2.45, 2.75) is 25.2 Å². The number of aromatic nitrogens is 2. The summed E-state index contributed by atoms with van der Waals surface area (Å²) in [6, 6.07) is 7.77. The minimum Gasteiger partial charge on any atom is -0.481 e. The van der Waals surface area contributed by atoms with Crippen LogP contribution in [0.4, 0.5) is 0 Å². The first-order chi connectivity index (χ1) is 9.63. The van der Waals surface area contributed by atoms with Gasteiger partial charge in [0, 0.05) is 6.20 Å². The molecule has 5 heteroatoms. The largest absolute Gasteiger partial charge is 0.481 e. The van der Waals surface area contributed by atoms with Crippen molar-refractivity contribution in [2.75, 3.05) is 0 Å². The van der Waals surface area contributed by atoms with Gasteiger partial charge in [-0.2, -0.15) is 0 Å². The van der Waals surface area contributed by atoms with Crippen LogP contribution in [0.25, 0.3) is 11.3 Å². The van der Waals surface area contributed by atoms with Crippen LogP contribution < -0.4 is 5.69 Å². The third-order valence-corrected chi connectivity index (χ3v) is 3.81. The highest BCUT2D eigenvalue weighted by atomic mass is 16.4. The maximum atomic E-state index is 11.2. The summed E-state index contributed by atoms with van der Waals surface area (Å²) in [6.07, 6.45) is 3.99. The van der Waals surface area contributed by atoms with E-state index in [4.69, 9.17) is 5.11 Å². The van der Waals surface area contributed by atoms with E-state index in [1.807, 2.05) is 24.3 Å². The minimum absolute atomic E-state index is 0.0677. The predicted molar refractivity (Wildman–Crippen MR) is 74.6 cm³/mol. The number of carbonyl (C=O) groups is 1. The number of rotatable bonds is 5. The third-order valence-electron chi connectivity index (χ3n) is 3.81. The second kappa shape index (κ2) is 5.00. The molecule has 0 aliphatic heterocycles. The molecule has 1 heterocycles. The van der Waals surface area contributed by atoms with Crippen LogP contribution in [0.15, 0.2) is 35.3 Å². The Kier molecular flexibility index (Phi) is 3.18. The SMILES string of the molecule is O=C(O)CC(c1cccc(-c2c[nH]c(=O)[nH]2)c1)C1CC1. The molecule has 0 saturated heterocycles. The molecular weight excluding hydrogens is 256 g/mol. The van der Waals surface area contributed by atoms with Crippen LogP contribution in [0.3, 0.4) is 0 Å². The number of benzene rings is 1. The number of carboxylic acids is 1. The smallest absolute Gasteiger partial charge is 0.323 e. The van der Waals surface area contributed by atoms with Gasteiger partial charge in [-0.15, -0.1) is 0 Å². The highest BCUT2D eigenvalue weighted by molar-refractivity contribution is 5.68. The lowest BCUT2D eigenvalue weighted by molar-refractivity contribution is -0.137. The average molecular weight is 272 g/mol. The topological polar surface area (TPSA) is 85.9 Å². The molecule has 1 atom stereocenters. The summed E-state index contributed by atoms with van der Waals surface area (Å²) >= 11 is 0. The lowest BCUT2D eigenvalue weighted by Gasteiger charge is -2.15. The van der Waals surface area contributed by atoms with Gasteiger partial charge in [-0.3, -0.25) is 4.79 Å². The maximum absolute atomic E-state index is 11.2. The van der Waals surface area contributed by atoms with Crippen molar-refractivity contribution in [1.82, 2.24) is 9.97 Å². The molecule has 20 heavy (non-hydrogen) atoms. The molecule has 1 fully saturated rings. The first kappa shape index (κ1) is 12.7. The average Bonchev–Trinajstić information content (AvgIpc) is 3.17. The molecule has 1 unspecified atom stereocenters. The molecule has 1 saturated carbocycles. The molecule has 3 N–H and O–H groups in total. The number of carboxylic acid groups (broad SMARTS) is 1. The Morgan fingerprint density at radius 1 is 1.40 bits per heavy atom. The Morgan fingerprint density at radius 3 is 2.80 bits per heavy atom. The highest BCUT2D eigenvalue weighted by Crippen LogP contribution is 2.44. The Balaban J connectivity index is 1.93. The monoisotopic (exact) mass is 272 g/mol. The molecule has 1 aliphatic carbocycles. The fourth-order valence-corrected chi connectivity index (χ4v) is 2.67. The van der Waals surface area contributed by atoms with Gasteiger partial charge in [0.1, 0.15) is 0 Å². The second-order valence-corrected chi connectivity index (χ2v) is 5.32.